The molecule has 7 heteroatoms. The first kappa shape index (κ1) is 33.2. The maximum atomic E-state index is 12.7. The molecule has 1 saturated heterocycles. The zero-order chi connectivity index (χ0) is 33.3. The highest BCUT2D eigenvalue weighted by Crippen LogP contribution is 2.42. The van der Waals surface area contributed by atoms with E-state index in [0.717, 1.165) is 58.6 Å². The molecule has 7 nitrogen and oxygen atoms in total. The molecule has 4 atom stereocenters. The van der Waals surface area contributed by atoms with Gasteiger partial charge in [0, 0.05) is 55.0 Å². The first-order chi connectivity index (χ1) is 23.5. The van der Waals surface area contributed by atoms with Gasteiger partial charge in [0.1, 0.15) is 0 Å². The van der Waals surface area contributed by atoms with Gasteiger partial charge in [-0.05, 0) is 59.1 Å². The fourth-order valence-corrected chi connectivity index (χ4v) is 6.22. The standard InChI is InChI=1S/C41H43N3O4/c1-29-38(27-44(2)25-23-36-13-8-9-24-42-36)47-41(48-39(29)32-17-15-30(28-45)16-18-32)34-21-19-31(20-22-34)37-14-7-6-12-35(37)26-43-40(46)33-10-4-3-5-11-33/h3-22,24,29,38-39,41,45H,23,25-28H2,1-2H3,(H,43,46)/t29-,38+,39+,41+/m1/s1. The Labute approximate surface area is 283 Å². The van der Waals surface area contributed by atoms with Crippen LogP contribution in [0.5, 0.6) is 0 Å². The molecule has 246 valence electrons. The van der Waals surface area contributed by atoms with Crippen molar-refractivity contribution >= 4 is 5.91 Å². The molecule has 4 aromatic carbocycles. The average molecular weight is 642 g/mol. The van der Waals surface area contributed by atoms with Crippen LogP contribution < -0.4 is 5.32 Å². The SMILES string of the molecule is C[C@@H]1[C@H](CN(C)CCc2ccccn2)O[C@H](c2ccc(-c3ccccc3CNC(=O)c3ccccc3)cc2)O[C@@H]1c1ccc(CO)cc1. The minimum absolute atomic E-state index is 0.00561. The van der Waals surface area contributed by atoms with E-state index in [0.29, 0.717) is 12.1 Å². The van der Waals surface area contributed by atoms with Gasteiger partial charge in [0.05, 0.1) is 18.8 Å². The van der Waals surface area contributed by atoms with Crippen molar-refractivity contribution in [2.45, 2.75) is 45.0 Å². The number of pyridine rings is 1. The van der Waals surface area contributed by atoms with Crippen LogP contribution in [-0.2, 0) is 29.0 Å². The third-order valence-electron chi connectivity index (χ3n) is 9.08. The van der Waals surface area contributed by atoms with E-state index >= 15 is 0 Å². The molecule has 0 radical (unpaired) electrons. The van der Waals surface area contributed by atoms with Crippen molar-refractivity contribution in [3.63, 3.8) is 0 Å². The smallest absolute Gasteiger partial charge is 0.251 e. The number of aliphatic hydroxyl groups excluding tert-OH is 1. The van der Waals surface area contributed by atoms with E-state index in [1.165, 1.54) is 0 Å². The summed E-state index contributed by atoms with van der Waals surface area (Å²) in [5.74, 6) is -0.00478. The molecule has 2 heterocycles. The number of benzene rings is 4. The van der Waals surface area contributed by atoms with Crippen molar-refractivity contribution in [2.75, 3.05) is 20.1 Å². The Morgan fingerprint density at radius 1 is 0.833 bits per heavy atom. The highest BCUT2D eigenvalue weighted by Gasteiger charge is 2.38. The van der Waals surface area contributed by atoms with Crippen LogP contribution in [0.2, 0.25) is 0 Å². The minimum atomic E-state index is -0.549. The molecule has 1 amide bonds. The van der Waals surface area contributed by atoms with Gasteiger partial charge in [-0.15, -0.1) is 0 Å². The van der Waals surface area contributed by atoms with Gasteiger partial charge in [0.25, 0.3) is 5.91 Å². The third-order valence-corrected chi connectivity index (χ3v) is 9.08. The number of hydrogen-bond acceptors (Lipinski definition) is 6. The summed E-state index contributed by atoms with van der Waals surface area (Å²) in [6.07, 6.45) is 1.90. The normalized spacial score (nSPS) is 19.2. The lowest BCUT2D eigenvalue weighted by Gasteiger charge is -2.42. The van der Waals surface area contributed by atoms with Crippen molar-refractivity contribution < 1.29 is 19.4 Å². The quantitative estimate of drug-likeness (QED) is 0.151. The summed E-state index contributed by atoms with van der Waals surface area (Å²) in [6, 6.07) is 39.8. The third kappa shape index (κ3) is 8.24. The second-order valence-corrected chi connectivity index (χ2v) is 12.5. The summed E-state index contributed by atoms with van der Waals surface area (Å²) in [4.78, 5) is 19.5. The van der Waals surface area contributed by atoms with Gasteiger partial charge >= 0.3 is 0 Å². The van der Waals surface area contributed by atoms with Gasteiger partial charge in [-0.2, -0.15) is 0 Å². The van der Waals surface area contributed by atoms with Gasteiger partial charge in [0.2, 0.25) is 0 Å². The largest absolute Gasteiger partial charge is 0.392 e. The van der Waals surface area contributed by atoms with Crippen LogP contribution in [0.3, 0.4) is 0 Å². The fourth-order valence-electron chi connectivity index (χ4n) is 6.22. The molecular formula is C41H43N3O4. The van der Waals surface area contributed by atoms with Crippen LogP contribution in [0, 0.1) is 5.92 Å². The Balaban J connectivity index is 1.19. The minimum Gasteiger partial charge on any atom is -0.392 e. The van der Waals surface area contributed by atoms with E-state index in [2.05, 4.69) is 65.6 Å². The predicted molar refractivity (Wildman–Crippen MR) is 188 cm³/mol. The Hall–Kier alpha value is -4.66. The van der Waals surface area contributed by atoms with Crippen LogP contribution >= 0.6 is 0 Å². The van der Waals surface area contributed by atoms with Crippen LogP contribution in [0.15, 0.2) is 128 Å². The lowest BCUT2D eigenvalue weighted by Crippen LogP contribution is -2.43. The number of hydrogen-bond donors (Lipinski definition) is 2. The molecule has 1 aromatic heterocycles. The second kappa shape index (κ2) is 16.0. The summed E-state index contributed by atoms with van der Waals surface area (Å²) < 4.78 is 13.4. The topological polar surface area (TPSA) is 83.9 Å². The van der Waals surface area contributed by atoms with Gasteiger partial charge < -0.3 is 24.8 Å². The van der Waals surface area contributed by atoms with Gasteiger partial charge in [0.15, 0.2) is 6.29 Å². The van der Waals surface area contributed by atoms with Gasteiger partial charge in [-0.3, -0.25) is 9.78 Å². The second-order valence-electron chi connectivity index (χ2n) is 12.5. The van der Waals surface area contributed by atoms with Gasteiger partial charge in [-0.1, -0.05) is 104 Å². The number of nitrogens with one attached hydrogen (secondary N) is 1. The van der Waals surface area contributed by atoms with E-state index in [1.807, 2.05) is 91.1 Å². The molecule has 5 aromatic rings. The van der Waals surface area contributed by atoms with Crippen LogP contribution in [0.25, 0.3) is 11.1 Å². The molecule has 0 unspecified atom stereocenters. The molecule has 2 N–H and O–H groups in total. The maximum absolute atomic E-state index is 12.7. The highest BCUT2D eigenvalue weighted by atomic mass is 16.7. The summed E-state index contributed by atoms with van der Waals surface area (Å²) in [5.41, 5.74) is 7.74. The maximum Gasteiger partial charge on any atom is 0.251 e. The molecule has 0 aliphatic carbocycles. The van der Waals surface area contributed by atoms with Crippen LogP contribution in [-0.4, -0.2) is 47.1 Å². The zero-order valence-electron chi connectivity index (χ0n) is 27.5. The van der Waals surface area contributed by atoms with Crippen molar-refractivity contribution in [3.8, 4) is 11.1 Å². The summed E-state index contributed by atoms with van der Waals surface area (Å²) >= 11 is 0. The predicted octanol–water partition coefficient (Wildman–Crippen LogP) is 7.14. The summed E-state index contributed by atoms with van der Waals surface area (Å²) in [6.45, 7) is 4.23. The van der Waals surface area contributed by atoms with E-state index in [4.69, 9.17) is 9.47 Å². The molecule has 1 aliphatic heterocycles. The van der Waals surface area contributed by atoms with Crippen LogP contribution in [0.1, 0.15) is 57.6 Å². The molecule has 6 rings (SSSR count). The highest BCUT2D eigenvalue weighted by molar-refractivity contribution is 5.94. The van der Waals surface area contributed by atoms with E-state index in [1.54, 1.807) is 0 Å². The number of rotatable bonds is 12. The summed E-state index contributed by atoms with van der Waals surface area (Å²) in [7, 11) is 2.13. The zero-order valence-corrected chi connectivity index (χ0v) is 27.5. The first-order valence-corrected chi connectivity index (χ1v) is 16.6. The molecule has 0 saturated carbocycles. The number of amides is 1. The summed E-state index contributed by atoms with van der Waals surface area (Å²) in [5, 5.41) is 12.7. The Bertz CT molecular complexity index is 1750. The van der Waals surface area contributed by atoms with Crippen molar-refractivity contribution in [1.29, 1.82) is 0 Å². The van der Waals surface area contributed by atoms with E-state index in [9.17, 15) is 9.90 Å². The number of aliphatic hydroxyl groups is 1. The number of likely N-dealkylation sites (N-methyl/N-ethyl adjacent to an activating group) is 1. The molecule has 1 fully saturated rings. The Morgan fingerprint density at radius 3 is 2.27 bits per heavy atom. The van der Waals surface area contributed by atoms with E-state index in [-0.39, 0.29) is 30.6 Å². The molecule has 48 heavy (non-hydrogen) atoms. The molecule has 0 bridgehead atoms. The molecule has 1 aliphatic rings. The number of aromatic nitrogens is 1. The lowest BCUT2D eigenvalue weighted by molar-refractivity contribution is -0.275. The monoisotopic (exact) mass is 641 g/mol. The van der Waals surface area contributed by atoms with Gasteiger partial charge in [-0.25, -0.2) is 0 Å². The molecule has 0 spiro atoms. The number of carbonyl (C=O) groups is 1. The number of carbonyl (C=O) groups excluding carboxylic acids is 1. The van der Waals surface area contributed by atoms with E-state index < -0.39 is 6.29 Å². The Morgan fingerprint density at radius 2 is 1.54 bits per heavy atom. The number of nitrogens with zero attached hydrogens (tertiary/aromatic N) is 2. The Kier molecular flexibility index (Phi) is 11.1. The average Bonchev–Trinajstić information content (AvgIpc) is 3.15. The molecular weight excluding hydrogens is 598 g/mol. The number of ether oxygens (including phenoxy) is 2. The van der Waals surface area contributed by atoms with Crippen molar-refractivity contribution in [2.24, 2.45) is 5.92 Å². The van der Waals surface area contributed by atoms with Crippen molar-refractivity contribution in [3.05, 3.63) is 161 Å². The first-order valence-electron chi connectivity index (χ1n) is 16.6. The lowest BCUT2D eigenvalue weighted by atomic mass is 9.90. The van der Waals surface area contributed by atoms with Crippen molar-refractivity contribution in [1.82, 2.24) is 15.2 Å². The fraction of sp³-hybridized carbons (Fsp3) is 0.268. The van der Waals surface area contributed by atoms with Crippen LogP contribution in [0.4, 0.5) is 0 Å².